The molecule has 2 aliphatic rings. The van der Waals surface area contributed by atoms with Crippen LogP contribution in [0.5, 0.6) is 0 Å². The smallest absolute Gasteiger partial charge is 0.0233 e. The van der Waals surface area contributed by atoms with Crippen molar-refractivity contribution in [2.75, 3.05) is 39.8 Å². The average Bonchev–Trinajstić information content (AvgIpc) is 2.57. The lowest BCUT2D eigenvalue weighted by Crippen LogP contribution is -2.44. The number of nitrogens with zero attached hydrogens (tertiary/aromatic N) is 2. The molecule has 0 bridgehead atoms. The van der Waals surface area contributed by atoms with Gasteiger partial charge >= 0.3 is 0 Å². The maximum absolute atomic E-state index is 3.85. The number of piperidine rings is 2. The predicted octanol–water partition coefficient (Wildman–Crippen LogP) is 2.58. The fourth-order valence-corrected chi connectivity index (χ4v) is 3.74. The van der Waals surface area contributed by atoms with Gasteiger partial charge in [-0.25, -0.2) is 0 Å². The Balaban J connectivity index is 1.33. The van der Waals surface area contributed by atoms with Crippen molar-refractivity contribution in [3.05, 3.63) is 35.9 Å². The molecule has 0 aromatic heterocycles. The Morgan fingerprint density at radius 3 is 2.32 bits per heavy atom. The van der Waals surface area contributed by atoms with Crippen molar-refractivity contribution in [2.45, 2.75) is 38.3 Å². The first kappa shape index (κ1) is 16.0. The van der Waals surface area contributed by atoms with Crippen LogP contribution in [0.1, 0.15) is 31.2 Å². The molecule has 2 heterocycles. The summed E-state index contributed by atoms with van der Waals surface area (Å²) >= 11 is 0. The second kappa shape index (κ2) is 8.09. The molecule has 2 saturated heterocycles. The van der Waals surface area contributed by atoms with Crippen molar-refractivity contribution in [2.24, 2.45) is 5.92 Å². The molecule has 0 atom stereocenters. The molecular weight excluding hydrogens is 270 g/mol. The van der Waals surface area contributed by atoms with Gasteiger partial charge in [0, 0.05) is 12.6 Å². The minimum atomic E-state index is 0.742. The molecule has 3 heteroatoms. The summed E-state index contributed by atoms with van der Waals surface area (Å²) in [6, 6.07) is 11.6. The lowest BCUT2D eigenvalue weighted by molar-refractivity contribution is 0.175. The van der Waals surface area contributed by atoms with Crippen LogP contribution in [0.3, 0.4) is 0 Å². The average molecular weight is 301 g/mol. The monoisotopic (exact) mass is 301 g/mol. The van der Waals surface area contributed by atoms with Crippen LogP contribution in [0, 0.1) is 5.92 Å². The molecule has 2 aliphatic heterocycles. The Hall–Kier alpha value is -0.900. The van der Waals surface area contributed by atoms with Crippen LogP contribution in [0.2, 0.25) is 0 Å². The number of benzene rings is 1. The van der Waals surface area contributed by atoms with Crippen LogP contribution in [0.4, 0.5) is 0 Å². The summed E-state index contributed by atoms with van der Waals surface area (Å²) < 4.78 is 0. The van der Waals surface area contributed by atoms with Crippen LogP contribution < -0.4 is 5.32 Å². The minimum absolute atomic E-state index is 0.742. The molecule has 3 rings (SSSR count). The molecule has 1 aromatic rings. The van der Waals surface area contributed by atoms with E-state index in [2.05, 4.69) is 52.5 Å². The van der Waals surface area contributed by atoms with E-state index in [9.17, 15) is 0 Å². The van der Waals surface area contributed by atoms with Crippen LogP contribution in [-0.4, -0.2) is 55.6 Å². The Bertz CT molecular complexity index is 418. The van der Waals surface area contributed by atoms with E-state index in [1.165, 1.54) is 64.0 Å². The Kier molecular flexibility index (Phi) is 5.88. The summed E-state index contributed by atoms with van der Waals surface area (Å²) in [6.07, 6.45) is 5.35. The van der Waals surface area contributed by atoms with E-state index in [0.29, 0.717) is 0 Å². The summed E-state index contributed by atoms with van der Waals surface area (Å²) in [5, 5.41) is 3.85. The lowest BCUT2D eigenvalue weighted by atomic mass is 9.96. The van der Waals surface area contributed by atoms with E-state index in [1.807, 2.05) is 0 Å². The van der Waals surface area contributed by atoms with Crippen molar-refractivity contribution in [1.29, 1.82) is 0 Å². The van der Waals surface area contributed by atoms with E-state index >= 15 is 0 Å². The highest BCUT2D eigenvalue weighted by Crippen LogP contribution is 2.17. The summed E-state index contributed by atoms with van der Waals surface area (Å²) in [6.45, 7) is 7.38. The van der Waals surface area contributed by atoms with Gasteiger partial charge in [0.15, 0.2) is 0 Å². The normalized spacial score (nSPS) is 23.0. The number of nitrogens with one attached hydrogen (secondary N) is 1. The van der Waals surface area contributed by atoms with Crippen LogP contribution in [-0.2, 0) is 6.54 Å². The third-order valence-electron chi connectivity index (χ3n) is 5.37. The van der Waals surface area contributed by atoms with Gasteiger partial charge in [0.05, 0.1) is 0 Å². The fourth-order valence-electron chi connectivity index (χ4n) is 3.74. The fraction of sp³-hybridized carbons (Fsp3) is 0.684. The van der Waals surface area contributed by atoms with Crippen molar-refractivity contribution >= 4 is 0 Å². The second-order valence-electron chi connectivity index (χ2n) is 7.19. The van der Waals surface area contributed by atoms with Gasteiger partial charge in [-0.2, -0.15) is 0 Å². The predicted molar refractivity (Wildman–Crippen MR) is 93.0 cm³/mol. The van der Waals surface area contributed by atoms with Crippen LogP contribution in [0.25, 0.3) is 0 Å². The van der Waals surface area contributed by atoms with Gasteiger partial charge in [0.2, 0.25) is 0 Å². The SMILES string of the molecule is CN1CCC(CNC2CCN(Cc3ccccc3)CC2)CC1. The Labute approximate surface area is 135 Å². The molecule has 1 N–H and O–H groups in total. The molecule has 0 saturated carbocycles. The third kappa shape index (κ3) is 4.80. The number of hydrogen-bond acceptors (Lipinski definition) is 3. The van der Waals surface area contributed by atoms with E-state index in [0.717, 1.165) is 18.5 Å². The van der Waals surface area contributed by atoms with E-state index in [-0.39, 0.29) is 0 Å². The number of rotatable bonds is 5. The number of hydrogen-bond donors (Lipinski definition) is 1. The molecule has 2 fully saturated rings. The van der Waals surface area contributed by atoms with Crippen molar-refractivity contribution in [3.8, 4) is 0 Å². The van der Waals surface area contributed by atoms with Gasteiger partial charge in [-0.1, -0.05) is 30.3 Å². The zero-order valence-corrected chi connectivity index (χ0v) is 14.0. The largest absolute Gasteiger partial charge is 0.314 e. The highest BCUT2D eigenvalue weighted by molar-refractivity contribution is 5.14. The summed E-state index contributed by atoms with van der Waals surface area (Å²) in [5.41, 5.74) is 1.44. The van der Waals surface area contributed by atoms with E-state index in [4.69, 9.17) is 0 Å². The molecular formula is C19H31N3. The summed E-state index contributed by atoms with van der Waals surface area (Å²) in [5.74, 6) is 0.901. The van der Waals surface area contributed by atoms with E-state index < -0.39 is 0 Å². The molecule has 3 nitrogen and oxygen atoms in total. The number of likely N-dealkylation sites (tertiary alicyclic amines) is 2. The van der Waals surface area contributed by atoms with E-state index in [1.54, 1.807) is 0 Å². The van der Waals surface area contributed by atoms with Gasteiger partial charge < -0.3 is 10.2 Å². The van der Waals surface area contributed by atoms with Crippen LogP contribution >= 0.6 is 0 Å². The van der Waals surface area contributed by atoms with Crippen LogP contribution in [0.15, 0.2) is 30.3 Å². The highest BCUT2D eigenvalue weighted by Gasteiger charge is 2.21. The highest BCUT2D eigenvalue weighted by atomic mass is 15.1. The maximum atomic E-state index is 3.85. The first-order valence-electron chi connectivity index (χ1n) is 8.98. The first-order valence-corrected chi connectivity index (χ1v) is 8.98. The molecule has 1 aromatic carbocycles. The van der Waals surface area contributed by atoms with Crippen molar-refractivity contribution < 1.29 is 0 Å². The minimum Gasteiger partial charge on any atom is -0.314 e. The van der Waals surface area contributed by atoms with Gasteiger partial charge in [-0.15, -0.1) is 0 Å². The molecule has 0 amide bonds. The van der Waals surface area contributed by atoms with Crippen molar-refractivity contribution in [1.82, 2.24) is 15.1 Å². The molecule has 0 spiro atoms. The van der Waals surface area contributed by atoms with Gasteiger partial charge in [0.25, 0.3) is 0 Å². The Morgan fingerprint density at radius 1 is 0.955 bits per heavy atom. The zero-order chi connectivity index (χ0) is 15.2. The Morgan fingerprint density at radius 2 is 1.64 bits per heavy atom. The molecule has 0 radical (unpaired) electrons. The quantitative estimate of drug-likeness (QED) is 0.902. The van der Waals surface area contributed by atoms with Gasteiger partial charge in [0.1, 0.15) is 0 Å². The molecule has 0 aliphatic carbocycles. The molecule has 22 heavy (non-hydrogen) atoms. The third-order valence-corrected chi connectivity index (χ3v) is 5.37. The lowest BCUT2D eigenvalue weighted by Gasteiger charge is -2.34. The first-order chi connectivity index (χ1) is 10.8. The van der Waals surface area contributed by atoms with Gasteiger partial charge in [-0.05, 0) is 76.9 Å². The van der Waals surface area contributed by atoms with Crippen molar-refractivity contribution in [3.63, 3.8) is 0 Å². The summed E-state index contributed by atoms with van der Waals surface area (Å²) in [7, 11) is 2.24. The standard InChI is InChI=1S/C19H31N3/c1-21-11-7-17(8-12-21)15-20-19-9-13-22(14-10-19)16-18-5-3-2-4-6-18/h2-6,17,19-20H,7-16H2,1H3. The van der Waals surface area contributed by atoms with Gasteiger partial charge in [-0.3, -0.25) is 4.90 Å². The topological polar surface area (TPSA) is 18.5 Å². The maximum Gasteiger partial charge on any atom is 0.0233 e. The summed E-state index contributed by atoms with van der Waals surface area (Å²) in [4.78, 5) is 5.06. The molecule has 0 unspecified atom stereocenters. The second-order valence-corrected chi connectivity index (χ2v) is 7.19. The molecule has 122 valence electrons. The zero-order valence-electron chi connectivity index (χ0n) is 14.0.